The highest BCUT2D eigenvalue weighted by Crippen LogP contribution is 2.21. The molecule has 0 N–H and O–H groups in total. The average Bonchev–Trinajstić information content (AvgIpc) is 2.04. The second-order valence-corrected chi connectivity index (χ2v) is 2.37. The number of carbonyl (C=O) groups is 1. The molecule has 0 radical (unpaired) electrons. The van der Waals surface area contributed by atoms with Crippen LogP contribution in [0, 0.1) is 6.57 Å². The van der Waals surface area contributed by atoms with Crippen LogP contribution in [0.5, 0.6) is 0 Å². The van der Waals surface area contributed by atoms with Crippen LogP contribution in [0.25, 0.3) is 4.85 Å². The minimum atomic E-state index is 0.337. The number of benzene rings is 1. The van der Waals surface area contributed by atoms with Crippen molar-refractivity contribution in [1.82, 2.24) is 0 Å². The first-order valence-electron chi connectivity index (χ1n) is 2.90. The van der Waals surface area contributed by atoms with Crippen molar-refractivity contribution in [3.8, 4) is 0 Å². The first-order chi connectivity index (χ1) is 5.27. The lowest BCUT2D eigenvalue weighted by Crippen LogP contribution is -1.78. The van der Waals surface area contributed by atoms with E-state index in [2.05, 4.69) is 4.85 Å². The Bertz CT molecular complexity index is 327. The van der Waals surface area contributed by atoms with Gasteiger partial charge < -0.3 is 0 Å². The molecule has 0 atom stereocenters. The summed E-state index contributed by atoms with van der Waals surface area (Å²) < 4.78 is 0. The third-order valence-corrected chi connectivity index (χ3v) is 1.47. The molecule has 1 rings (SSSR count). The summed E-state index contributed by atoms with van der Waals surface area (Å²) in [4.78, 5) is 13.5. The maximum absolute atomic E-state index is 10.3. The third kappa shape index (κ3) is 1.57. The van der Waals surface area contributed by atoms with Gasteiger partial charge in [-0.25, -0.2) is 4.85 Å². The molecule has 0 bridgehead atoms. The smallest absolute Gasteiger partial charge is 0.197 e. The Kier molecular flexibility index (Phi) is 2.25. The normalized spacial score (nSPS) is 8.73. The highest BCUT2D eigenvalue weighted by atomic mass is 35.5. The van der Waals surface area contributed by atoms with E-state index in [1.807, 2.05) is 0 Å². The van der Waals surface area contributed by atoms with E-state index < -0.39 is 0 Å². The van der Waals surface area contributed by atoms with Gasteiger partial charge in [-0.15, -0.1) is 0 Å². The lowest BCUT2D eigenvalue weighted by Gasteiger charge is -1.94. The van der Waals surface area contributed by atoms with E-state index in [1.165, 1.54) is 12.1 Å². The molecule has 0 heterocycles. The van der Waals surface area contributed by atoms with Crippen molar-refractivity contribution in [2.24, 2.45) is 0 Å². The second-order valence-electron chi connectivity index (χ2n) is 1.93. The first kappa shape index (κ1) is 7.77. The molecule has 11 heavy (non-hydrogen) atoms. The molecule has 54 valence electrons. The number of halogens is 1. The average molecular weight is 166 g/mol. The monoisotopic (exact) mass is 165 g/mol. The fraction of sp³-hybridized carbons (Fsp3) is 0. The molecule has 0 saturated carbocycles. The fourth-order valence-electron chi connectivity index (χ4n) is 0.722. The molecular weight excluding hydrogens is 162 g/mol. The van der Waals surface area contributed by atoms with E-state index in [4.69, 9.17) is 18.2 Å². The molecule has 1 aromatic carbocycles. The molecule has 2 nitrogen and oxygen atoms in total. The van der Waals surface area contributed by atoms with E-state index in [-0.39, 0.29) is 0 Å². The van der Waals surface area contributed by atoms with Gasteiger partial charge >= 0.3 is 0 Å². The van der Waals surface area contributed by atoms with Gasteiger partial charge in [0.25, 0.3) is 0 Å². The summed E-state index contributed by atoms with van der Waals surface area (Å²) in [5, 5.41) is 0.472. The van der Waals surface area contributed by atoms with Crippen molar-refractivity contribution in [1.29, 1.82) is 0 Å². The summed E-state index contributed by atoms with van der Waals surface area (Å²) in [5.74, 6) is 0. The van der Waals surface area contributed by atoms with Crippen molar-refractivity contribution in [2.75, 3.05) is 0 Å². The van der Waals surface area contributed by atoms with E-state index >= 15 is 0 Å². The van der Waals surface area contributed by atoms with E-state index in [1.54, 1.807) is 6.07 Å². The van der Waals surface area contributed by atoms with E-state index in [0.29, 0.717) is 22.6 Å². The molecule has 3 heteroatoms. The highest BCUT2D eigenvalue weighted by molar-refractivity contribution is 6.31. The summed E-state index contributed by atoms with van der Waals surface area (Å²) in [6.07, 6.45) is 0.624. The number of rotatable bonds is 1. The number of nitrogens with zero attached hydrogens (tertiary/aromatic N) is 1. The van der Waals surface area contributed by atoms with Crippen molar-refractivity contribution < 1.29 is 4.79 Å². The number of hydrogen-bond acceptors (Lipinski definition) is 1. The van der Waals surface area contributed by atoms with Gasteiger partial charge in [0.05, 0.1) is 6.57 Å². The van der Waals surface area contributed by atoms with Crippen LogP contribution < -0.4 is 0 Å². The Morgan fingerprint density at radius 3 is 2.82 bits per heavy atom. The number of hydrogen-bond donors (Lipinski definition) is 0. The Labute approximate surface area is 69.2 Å². The van der Waals surface area contributed by atoms with Gasteiger partial charge in [0.1, 0.15) is 6.29 Å². The molecule has 0 aromatic heterocycles. The Morgan fingerprint density at radius 2 is 2.27 bits per heavy atom. The minimum Gasteiger partial charge on any atom is -0.299 e. The first-order valence-corrected chi connectivity index (χ1v) is 3.28. The molecule has 0 amide bonds. The SMILES string of the molecule is [C-]#[N+]c1ccc(Cl)cc1C=O. The standard InChI is InChI=1S/C8H4ClNO/c1-10-8-3-2-7(9)4-6(8)5-11/h2-5H. The maximum Gasteiger partial charge on any atom is 0.197 e. The van der Waals surface area contributed by atoms with Gasteiger partial charge in [0.15, 0.2) is 5.69 Å². The summed E-state index contributed by atoms with van der Waals surface area (Å²) >= 11 is 5.59. The predicted molar refractivity (Wildman–Crippen MR) is 43.1 cm³/mol. The number of aldehydes is 1. The lowest BCUT2D eigenvalue weighted by atomic mass is 10.2. The molecular formula is C8H4ClNO. The van der Waals surface area contributed by atoms with E-state index in [0.717, 1.165) is 0 Å². The van der Waals surface area contributed by atoms with Crippen LogP contribution in [0.2, 0.25) is 5.02 Å². The zero-order chi connectivity index (χ0) is 8.27. The Hall–Kier alpha value is -1.33. The van der Waals surface area contributed by atoms with Crippen LogP contribution in [-0.2, 0) is 0 Å². The molecule has 0 spiro atoms. The maximum atomic E-state index is 10.3. The van der Waals surface area contributed by atoms with Gasteiger partial charge in [-0.05, 0) is 6.07 Å². The zero-order valence-electron chi connectivity index (χ0n) is 5.54. The van der Waals surface area contributed by atoms with Crippen molar-refractivity contribution in [3.05, 3.63) is 40.2 Å². The summed E-state index contributed by atoms with van der Waals surface area (Å²) in [7, 11) is 0. The molecule has 1 aromatic rings. The minimum absolute atomic E-state index is 0.337. The van der Waals surface area contributed by atoms with Crippen LogP contribution in [0.15, 0.2) is 18.2 Å². The number of carbonyl (C=O) groups excluding carboxylic acids is 1. The van der Waals surface area contributed by atoms with E-state index in [9.17, 15) is 4.79 Å². The van der Waals surface area contributed by atoms with Gasteiger partial charge in [-0.1, -0.05) is 23.7 Å². The van der Waals surface area contributed by atoms with Gasteiger partial charge in [-0.2, -0.15) is 0 Å². The summed E-state index contributed by atoms with van der Waals surface area (Å²) in [5.41, 5.74) is 0.678. The Balaban J connectivity index is 3.30. The zero-order valence-corrected chi connectivity index (χ0v) is 6.30. The van der Waals surface area contributed by atoms with Gasteiger partial charge in [-0.3, -0.25) is 4.79 Å². The van der Waals surface area contributed by atoms with Crippen molar-refractivity contribution in [2.45, 2.75) is 0 Å². The quantitative estimate of drug-likeness (QED) is 0.463. The molecule has 0 unspecified atom stereocenters. The van der Waals surface area contributed by atoms with Crippen LogP contribution >= 0.6 is 11.6 Å². The molecule has 0 aliphatic carbocycles. The van der Waals surface area contributed by atoms with Gasteiger partial charge in [0.2, 0.25) is 0 Å². The third-order valence-electron chi connectivity index (χ3n) is 1.24. The summed E-state index contributed by atoms with van der Waals surface area (Å²) in [6.45, 7) is 6.68. The molecule has 0 fully saturated rings. The van der Waals surface area contributed by atoms with Crippen molar-refractivity contribution >= 4 is 23.6 Å². The largest absolute Gasteiger partial charge is 0.299 e. The van der Waals surface area contributed by atoms with Crippen LogP contribution in [0.4, 0.5) is 5.69 Å². The van der Waals surface area contributed by atoms with Crippen molar-refractivity contribution in [3.63, 3.8) is 0 Å². The van der Waals surface area contributed by atoms with Crippen LogP contribution in [-0.4, -0.2) is 6.29 Å². The summed E-state index contributed by atoms with van der Waals surface area (Å²) in [6, 6.07) is 4.59. The van der Waals surface area contributed by atoms with Gasteiger partial charge in [0, 0.05) is 10.6 Å². The topological polar surface area (TPSA) is 21.4 Å². The molecule has 0 aliphatic rings. The molecule has 0 aliphatic heterocycles. The fourth-order valence-corrected chi connectivity index (χ4v) is 0.902. The second kappa shape index (κ2) is 3.18. The molecule has 0 saturated heterocycles. The van der Waals surface area contributed by atoms with Crippen LogP contribution in [0.3, 0.4) is 0 Å². The highest BCUT2D eigenvalue weighted by Gasteiger charge is 2.00. The predicted octanol–water partition coefficient (Wildman–Crippen LogP) is 2.70. The Morgan fingerprint density at radius 1 is 1.55 bits per heavy atom. The lowest BCUT2D eigenvalue weighted by molar-refractivity contribution is 0.112. The van der Waals surface area contributed by atoms with Crippen LogP contribution in [0.1, 0.15) is 10.4 Å².